The number of nitrogens with zero attached hydrogens (tertiary/aromatic N) is 7. The molecule has 0 spiro atoms. The fraction of sp³-hybridized carbons (Fsp3) is 0.429. The van der Waals surface area contributed by atoms with E-state index in [1.54, 1.807) is 6.20 Å². The second-order valence-electron chi connectivity index (χ2n) is 7.54. The maximum Gasteiger partial charge on any atom is 0.0999 e. The van der Waals surface area contributed by atoms with E-state index >= 15 is 0 Å². The first-order valence-corrected chi connectivity index (χ1v) is 10.3. The molecule has 0 amide bonds. The molecule has 1 aliphatic rings. The fourth-order valence-corrected chi connectivity index (χ4v) is 4.00. The summed E-state index contributed by atoms with van der Waals surface area (Å²) in [6, 6.07) is 2.69. The zero-order valence-electron chi connectivity index (χ0n) is 16.8. The van der Waals surface area contributed by atoms with Crippen LogP contribution in [0.1, 0.15) is 45.2 Å². The summed E-state index contributed by atoms with van der Waals surface area (Å²) in [4.78, 5) is 4.98. The highest BCUT2D eigenvalue weighted by molar-refractivity contribution is 5.78. The largest absolute Gasteiger partial charge is 0.379 e. The predicted octanol–water partition coefficient (Wildman–Crippen LogP) is 3.78. The van der Waals surface area contributed by atoms with Gasteiger partial charge in [-0.3, -0.25) is 9.36 Å². The SMILES string of the molecule is CCC(CC)n1cc(-c2nc(-c3cnn(C4CCOC4)c3)cn3nccc23)cn1. The second kappa shape index (κ2) is 7.44. The molecule has 0 radical (unpaired) electrons. The quantitative estimate of drug-likeness (QED) is 0.500. The van der Waals surface area contributed by atoms with Gasteiger partial charge in [-0.25, -0.2) is 9.50 Å². The number of hydrogen-bond donors (Lipinski definition) is 0. The Hall–Kier alpha value is -3.00. The van der Waals surface area contributed by atoms with Crippen molar-refractivity contribution in [2.75, 3.05) is 13.2 Å². The van der Waals surface area contributed by atoms with Crippen LogP contribution in [0.15, 0.2) is 43.2 Å². The Morgan fingerprint density at radius 3 is 2.72 bits per heavy atom. The molecule has 1 atom stereocenters. The lowest BCUT2D eigenvalue weighted by Gasteiger charge is -2.12. The van der Waals surface area contributed by atoms with Crippen molar-refractivity contribution in [2.45, 2.75) is 45.2 Å². The van der Waals surface area contributed by atoms with Crippen LogP contribution < -0.4 is 0 Å². The molecule has 4 aromatic rings. The molecule has 0 aromatic carbocycles. The first-order chi connectivity index (χ1) is 14.3. The average Bonchev–Trinajstić information content (AvgIpc) is 3.55. The smallest absolute Gasteiger partial charge is 0.0999 e. The van der Waals surface area contributed by atoms with Crippen LogP contribution in [0.4, 0.5) is 0 Å². The number of rotatable bonds is 6. The van der Waals surface area contributed by atoms with E-state index in [1.807, 2.05) is 33.9 Å². The topological polar surface area (TPSA) is 75.1 Å². The van der Waals surface area contributed by atoms with E-state index in [1.165, 1.54) is 0 Å². The molecule has 1 fully saturated rings. The summed E-state index contributed by atoms with van der Waals surface area (Å²) in [5.41, 5.74) is 4.67. The van der Waals surface area contributed by atoms with Gasteiger partial charge in [-0.1, -0.05) is 13.8 Å². The van der Waals surface area contributed by atoms with Gasteiger partial charge in [-0.05, 0) is 25.3 Å². The Morgan fingerprint density at radius 1 is 1.07 bits per heavy atom. The third kappa shape index (κ3) is 3.23. The molecule has 0 N–H and O–H groups in total. The fourth-order valence-electron chi connectivity index (χ4n) is 4.00. The normalized spacial score (nSPS) is 17.0. The third-order valence-corrected chi connectivity index (χ3v) is 5.76. The van der Waals surface area contributed by atoms with Gasteiger partial charge in [0, 0.05) is 30.1 Å². The lowest BCUT2D eigenvalue weighted by atomic mass is 10.1. The van der Waals surface area contributed by atoms with Gasteiger partial charge < -0.3 is 4.74 Å². The molecular weight excluding hydrogens is 366 g/mol. The zero-order chi connectivity index (χ0) is 19.8. The van der Waals surface area contributed by atoms with Crippen LogP contribution in [-0.4, -0.2) is 47.4 Å². The molecule has 1 saturated heterocycles. The zero-order valence-corrected chi connectivity index (χ0v) is 16.8. The van der Waals surface area contributed by atoms with Crippen molar-refractivity contribution in [3.8, 4) is 22.5 Å². The molecular formula is C21H25N7O. The molecule has 0 saturated carbocycles. The highest BCUT2D eigenvalue weighted by atomic mass is 16.5. The van der Waals surface area contributed by atoms with E-state index in [4.69, 9.17) is 9.72 Å². The van der Waals surface area contributed by atoms with Gasteiger partial charge >= 0.3 is 0 Å². The lowest BCUT2D eigenvalue weighted by Crippen LogP contribution is -2.08. The van der Waals surface area contributed by atoms with Crippen LogP contribution >= 0.6 is 0 Å². The lowest BCUT2D eigenvalue weighted by molar-refractivity contribution is 0.184. The Kier molecular flexibility index (Phi) is 4.63. The minimum absolute atomic E-state index is 0.301. The average molecular weight is 391 g/mol. The molecule has 8 nitrogen and oxygen atoms in total. The number of fused-ring (bicyclic) bond motifs is 1. The maximum atomic E-state index is 5.49. The van der Waals surface area contributed by atoms with Gasteiger partial charge in [0.15, 0.2) is 0 Å². The molecule has 0 bridgehead atoms. The third-order valence-electron chi connectivity index (χ3n) is 5.76. The van der Waals surface area contributed by atoms with Crippen molar-refractivity contribution >= 4 is 5.52 Å². The van der Waals surface area contributed by atoms with E-state index in [-0.39, 0.29) is 0 Å². The van der Waals surface area contributed by atoms with Gasteiger partial charge in [0.25, 0.3) is 0 Å². The van der Waals surface area contributed by atoms with Crippen LogP contribution in [-0.2, 0) is 4.74 Å². The Morgan fingerprint density at radius 2 is 1.93 bits per heavy atom. The van der Waals surface area contributed by atoms with Crippen LogP contribution in [0.25, 0.3) is 28.0 Å². The van der Waals surface area contributed by atoms with Crippen LogP contribution in [0, 0.1) is 0 Å². The van der Waals surface area contributed by atoms with E-state index in [0.29, 0.717) is 18.7 Å². The summed E-state index contributed by atoms with van der Waals surface area (Å²) in [6.07, 6.45) is 14.8. The number of aromatic nitrogens is 7. The first kappa shape index (κ1) is 18.1. The van der Waals surface area contributed by atoms with Crippen molar-refractivity contribution in [3.05, 3.63) is 43.2 Å². The summed E-state index contributed by atoms with van der Waals surface area (Å²) in [5, 5.41) is 13.6. The van der Waals surface area contributed by atoms with Gasteiger partial charge in [0.1, 0.15) is 0 Å². The summed E-state index contributed by atoms with van der Waals surface area (Å²) in [7, 11) is 0. The molecule has 5 rings (SSSR count). The van der Waals surface area contributed by atoms with Crippen molar-refractivity contribution in [3.63, 3.8) is 0 Å². The molecule has 1 aliphatic heterocycles. The second-order valence-corrected chi connectivity index (χ2v) is 7.54. The predicted molar refractivity (Wildman–Crippen MR) is 110 cm³/mol. The Bertz CT molecular complexity index is 1120. The molecule has 150 valence electrons. The van der Waals surface area contributed by atoms with Crippen LogP contribution in [0.2, 0.25) is 0 Å². The molecule has 8 heteroatoms. The first-order valence-electron chi connectivity index (χ1n) is 10.3. The molecule has 29 heavy (non-hydrogen) atoms. The minimum atomic E-state index is 0.301. The maximum absolute atomic E-state index is 5.49. The highest BCUT2D eigenvalue weighted by Gasteiger charge is 2.20. The summed E-state index contributed by atoms with van der Waals surface area (Å²) < 4.78 is 11.4. The van der Waals surface area contributed by atoms with Gasteiger partial charge in [-0.15, -0.1) is 0 Å². The minimum Gasteiger partial charge on any atom is -0.379 e. The number of hydrogen-bond acceptors (Lipinski definition) is 5. The van der Waals surface area contributed by atoms with Crippen molar-refractivity contribution in [1.29, 1.82) is 0 Å². The van der Waals surface area contributed by atoms with Crippen molar-refractivity contribution in [2.24, 2.45) is 0 Å². The van der Waals surface area contributed by atoms with Crippen molar-refractivity contribution in [1.82, 2.24) is 34.2 Å². The monoisotopic (exact) mass is 391 g/mol. The van der Waals surface area contributed by atoms with Gasteiger partial charge in [0.05, 0.1) is 60.4 Å². The van der Waals surface area contributed by atoms with Gasteiger partial charge in [0.2, 0.25) is 0 Å². The van der Waals surface area contributed by atoms with E-state index in [2.05, 4.69) is 46.2 Å². The highest BCUT2D eigenvalue weighted by Crippen LogP contribution is 2.28. The molecule has 0 aliphatic carbocycles. The van der Waals surface area contributed by atoms with E-state index < -0.39 is 0 Å². The number of ether oxygens (including phenoxy) is 1. The van der Waals surface area contributed by atoms with E-state index in [0.717, 1.165) is 53.9 Å². The summed E-state index contributed by atoms with van der Waals surface area (Å²) in [6.45, 7) is 5.89. The molecule has 4 aromatic heterocycles. The van der Waals surface area contributed by atoms with Crippen molar-refractivity contribution < 1.29 is 4.74 Å². The van der Waals surface area contributed by atoms with E-state index in [9.17, 15) is 0 Å². The molecule has 1 unspecified atom stereocenters. The molecule has 5 heterocycles. The summed E-state index contributed by atoms with van der Waals surface area (Å²) >= 11 is 0. The summed E-state index contributed by atoms with van der Waals surface area (Å²) in [5.74, 6) is 0. The van der Waals surface area contributed by atoms with Crippen LogP contribution in [0.5, 0.6) is 0 Å². The Labute approximate surface area is 169 Å². The van der Waals surface area contributed by atoms with Gasteiger partial charge in [-0.2, -0.15) is 15.3 Å². The van der Waals surface area contributed by atoms with Crippen LogP contribution in [0.3, 0.4) is 0 Å². The Balaban J connectivity index is 1.56. The standard InChI is InChI=1S/C21H25N7O/c1-3-17(4-2)26-12-16(10-24-26)21-20-5-7-22-28(20)13-19(25-21)15-9-23-27(11-15)18-6-8-29-14-18/h5,7,9-13,17-18H,3-4,6,8,14H2,1-2H3.